The topological polar surface area (TPSA) is 161 Å². The number of ether oxygens (including phenoxy) is 1. The van der Waals surface area contributed by atoms with E-state index in [1.165, 1.54) is 29.3 Å². The first kappa shape index (κ1) is 21.1. The van der Waals surface area contributed by atoms with Crippen LogP contribution in [0.2, 0.25) is 6.32 Å². The highest BCUT2D eigenvalue weighted by Gasteiger charge is 2.32. The van der Waals surface area contributed by atoms with Gasteiger partial charge in [0.05, 0.1) is 19.0 Å². The molecule has 1 saturated heterocycles. The third-order valence-electron chi connectivity index (χ3n) is 4.77. The van der Waals surface area contributed by atoms with E-state index < -0.39 is 18.8 Å². The molecule has 12 heteroatoms. The number of aromatic hydroxyl groups is 1. The lowest BCUT2D eigenvalue weighted by atomic mass is 9.82. The molecule has 0 saturated carbocycles. The number of aromatic nitrogens is 3. The molecular formula is C17H23BN4O7. The first-order valence-electron chi connectivity index (χ1n) is 9.19. The van der Waals surface area contributed by atoms with E-state index in [-0.39, 0.29) is 42.8 Å². The largest absolute Gasteiger partial charge is 0.507 e. The van der Waals surface area contributed by atoms with E-state index in [2.05, 4.69) is 10.2 Å². The SMILES string of the molecule is O=C(O)c1c(OC2CN(C[C@H](CO)n3nccn3)C2)ccc(CCB(O)O)c1O. The summed E-state index contributed by atoms with van der Waals surface area (Å²) < 4.78 is 5.76. The van der Waals surface area contributed by atoms with Crippen LogP contribution in [0, 0.1) is 0 Å². The first-order chi connectivity index (χ1) is 13.9. The molecule has 1 aliphatic rings. The maximum absolute atomic E-state index is 11.6. The van der Waals surface area contributed by atoms with Crippen molar-refractivity contribution in [2.45, 2.75) is 24.9 Å². The lowest BCUT2D eigenvalue weighted by molar-refractivity contribution is 0.00217. The molecule has 3 rings (SSSR count). The minimum absolute atomic E-state index is 0.0262. The number of aliphatic hydroxyl groups excluding tert-OH is 1. The van der Waals surface area contributed by atoms with Crippen molar-refractivity contribution >= 4 is 13.1 Å². The van der Waals surface area contributed by atoms with E-state index in [1.54, 1.807) is 0 Å². The number of nitrogens with zero attached hydrogens (tertiary/aromatic N) is 4. The van der Waals surface area contributed by atoms with Crippen LogP contribution >= 0.6 is 0 Å². The van der Waals surface area contributed by atoms with Gasteiger partial charge in [-0.2, -0.15) is 15.0 Å². The summed E-state index contributed by atoms with van der Waals surface area (Å²) in [7, 11) is -1.54. The number of carbonyl (C=O) groups is 1. The fourth-order valence-electron chi connectivity index (χ4n) is 3.25. The minimum atomic E-state index is -1.54. The zero-order valence-electron chi connectivity index (χ0n) is 15.6. The average molecular weight is 406 g/mol. The Hall–Kier alpha value is -2.67. The number of aryl methyl sites for hydroxylation is 1. The van der Waals surface area contributed by atoms with Gasteiger partial charge >= 0.3 is 13.1 Å². The van der Waals surface area contributed by atoms with E-state index in [9.17, 15) is 20.1 Å². The molecule has 0 unspecified atom stereocenters. The smallest absolute Gasteiger partial charge is 0.451 e. The molecule has 0 aliphatic carbocycles. The third kappa shape index (κ3) is 5.04. The Labute approximate surface area is 166 Å². The van der Waals surface area contributed by atoms with E-state index in [1.807, 2.05) is 4.90 Å². The summed E-state index contributed by atoms with van der Waals surface area (Å²) >= 11 is 0. The molecule has 0 spiro atoms. The van der Waals surface area contributed by atoms with Gasteiger partial charge in [0.15, 0.2) is 0 Å². The predicted octanol–water partition coefficient (Wildman–Crippen LogP) is -1.01. The molecule has 2 heterocycles. The number of carboxylic acid groups (broad SMARTS) is 1. The number of rotatable bonds is 10. The van der Waals surface area contributed by atoms with E-state index >= 15 is 0 Å². The highest BCUT2D eigenvalue weighted by Crippen LogP contribution is 2.34. The zero-order chi connectivity index (χ0) is 21.0. The van der Waals surface area contributed by atoms with Gasteiger partial charge in [0.2, 0.25) is 0 Å². The summed E-state index contributed by atoms with van der Waals surface area (Å²) in [6.45, 7) is 1.45. The quantitative estimate of drug-likeness (QED) is 0.309. The van der Waals surface area contributed by atoms with Gasteiger partial charge in [0, 0.05) is 19.6 Å². The monoisotopic (exact) mass is 406 g/mol. The van der Waals surface area contributed by atoms with Crippen LogP contribution in [0.4, 0.5) is 0 Å². The summed E-state index contributed by atoms with van der Waals surface area (Å²) in [6, 6.07) is 2.70. The van der Waals surface area contributed by atoms with Gasteiger partial charge in [0.25, 0.3) is 0 Å². The number of aliphatic hydroxyl groups is 1. The number of aromatic carboxylic acids is 1. The van der Waals surface area contributed by atoms with Gasteiger partial charge in [0.1, 0.15) is 29.2 Å². The second-order valence-electron chi connectivity index (χ2n) is 6.92. The standard InChI is InChI=1S/C17H23BN4O7/c23-10-12(22-19-5-6-20-22)7-21-8-13(9-21)29-14-2-1-11(3-4-18(27)28)16(24)15(14)17(25)26/h1-2,5-6,12-13,23-24,27-28H,3-4,7-10H2,(H,25,26)/t12-/m1/s1. The maximum Gasteiger partial charge on any atom is 0.451 e. The van der Waals surface area contributed by atoms with Crippen molar-refractivity contribution in [3.63, 3.8) is 0 Å². The van der Waals surface area contributed by atoms with Gasteiger partial charge in [-0.05, 0) is 24.4 Å². The normalized spacial score (nSPS) is 15.7. The number of carboxylic acids is 1. The number of benzene rings is 1. The highest BCUT2D eigenvalue weighted by atomic mass is 16.5. The minimum Gasteiger partial charge on any atom is -0.507 e. The summed E-state index contributed by atoms with van der Waals surface area (Å²) in [4.78, 5) is 15.1. The van der Waals surface area contributed by atoms with Crippen LogP contribution < -0.4 is 4.74 Å². The van der Waals surface area contributed by atoms with Crippen LogP contribution in [0.3, 0.4) is 0 Å². The van der Waals surface area contributed by atoms with Crippen molar-refractivity contribution < 1.29 is 34.9 Å². The van der Waals surface area contributed by atoms with Gasteiger partial charge in [-0.1, -0.05) is 6.07 Å². The molecule has 0 amide bonds. The van der Waals surface area contributed by atoms with Crippen LogP contribution in [-0.2, 0) is 6.42 Å². The van der Waals surface area contributed by atoms with Gasteiger partial charge < -0.3 is 30.1 Å². The number of likely N-dealkylation sites (tertiary alicyclic amines) is 1. The molecule has 0 radical (unpaired) electrons. The molecule has 1 aliphatic heterocycles. The highest BCUT2D eigenvalue weighted by molar-refractivity contribution is 6.41. The molecule has 1 atom stereocenters. The molecule has 1 aromatic carbocycles. The van der Waals surface area contributed by atoms with Crippen LogP contribution in [0.5, 0.6) is 11.5 Å². The fourth-order valence-corrected chi connectivity index (χ4v) is 3.25. The Bertz CT molecular complexity index is 827. The van der Waals surface area contributed by atoms with E-state index in [0.29, 0.717) is 25.2 Å². The fraction of sp³-hybridized carbons (Fsp3) is 0.471. The lowest BCUT2D eigenvalue weighted by Gasteiger charge is -2.40. The summed E-state index contributed by atoms with van der Waals surface area (Å²) in [5.74, 6) is -1.71. The Morgan fingerprint density at radius 3 is 2.55 bits per heavy atom. The van der Waals surface area contributed by atoms with Crippen LogP contribution in [0.15, 0.2) is 24.5 Å². The Balaban J connectivity index is 1.61. The first-order valence-corrected chi connectivity index (χ1v) is 9.19. The lowest BCUT2D eigenvalue weighted by Crippen LogP contribution is -2.55. The molecular weight excluding hydrogens is 383 g/mol. The van der Waals surface area contributed by atoms with Crippen LogP contribution in [0.1, 0.15) is 22.0 Å². The van der Waals surface area contributed by atoms with Gasteiger partial charge in [-0.25, -0.2) is 4.79 Å². The van der Waals surface area contributed by atoms with Crippen LogP contribution in [0.25, 0.3) is 0 Å². The molecule has 5 N–H and O–H groups in total. The predicted molar refractivity (Wildman–Crippen MR) is 101 cm³/mol. The second kappa shape index (κ2) is 9.22. The third-order valence-corrected chi connectivity index (χ3v) is 4.77. The molecule has 1 aromatic heterocycles. The second-order valence-corrected chi connectivity index (χ2v) is 6.92. The summed E-state index contributed by atoms with van der Waals surface area (Å²) in [5, 5.41) is 55.2. The van der Waals surface area contributed by atoms with Crippen molar-refractivity contribution in [2.24, 2.45) is 0 Å². The van der Waals surface area contributed by atoms with Crippen molar-refractivity contribution in [1.29, 1.82) is 0 Å². The number of hydrogen-bond donors (Lipinski definition) is 5. The van der Waals surface area contributed by atoms with Crippen molar-refractivity contribution in [2.75, 3.05) is 26.2 Å². The Morgan fingerprint density at radius 2 is 1.97 bits per heavy atom. The Morgan fingerprint density at radius 1 is 1.28 bits per heavy atom. The van der Waals surface area contributed by atoms with E-state index in [0.717, 1.165) is 0 Å². The van der Waals surface area contributed by atoms with Crippen molar-refractivity contribution in [1.82, 2.24) is 19.9 Å². The zero-order valence-corrected chi connectivity index (χ0v) is 15.6. The number of hydrogen-bond acceptors (Lipinski definition) is 9. The Kier molecular flexibility index (Phi) is 6.69. The molecule has 2 aromatic rings. The molecule has 0 bridgehead atoms. The molecule has 11 nitrogen and oxygen atoms in total. The van der Waals surface area contributed by atoms with Crippen molar-refractivity contribution in [3.8, 4) is 11.5 Å². The van der Waals surface area contributed by atoms with Crippen LogP contribution in [-0.4, -0.2) is 90.7 Å². The molecule has 1 fully saturated rings. The number of phenols is 1. The molecule has 29 heavy (non-hydrogen) atoms. The average Bonchev–Trinajstić information content (AvgIpc) is 3.16. The van der Waals surface area contributed by atoms with Gasteiger partial charge in [-0.3, -0.25) is 4.90 Å². The van der Waals surface area contributed by atoms with Crippen molar-refractivity contribution in [3.05, 3.63) is 35.7 Å². The summed E-state index contributed by atoms with van der Waals surface area (Å²) in [5.41, 5.74) is -0.0436. The maximum atomic E-state index is 11.6. The molecule has 156 valence electrons. The van der Waals surface area contributed by atoms with E-state index in [4.69, 9.17) is 14.8 Å². The van der Waals surface area contributed by atoms with Gasteiger partial charge in [-0.15, -0.1) is 0 Å². The summed E-state index contributed by atoms with van der Waals surface area (Å²) in [6.07, 6.45) is 2.90.